The lowest BCUT2D eigenvalue weighted by Gasteiger charge is -2.20. The second-order valence-electron chi connectivity index (χ2n) is 6.49. The van der Waals surface area contributed by atoms with E-state index in [1.165, 1.54) is 5.56 Å². The highest BCUT2D eigenvalue weighted by Crippen LogP contribution is 2.21. The molecule has 2 aromatic rings. The van der Waals surface area contributed by atoms with Crippen LogP contribution in [0.3, 0.4) is 0 Å². The van der Waals surface area contributed by atoms with E-state index in [4.69, 9.17) is 9.47 Å². The van der Waals surface area contributed by atoms with Gasteiger partial charge in [-0.3, -0.25) is 4.79 Å². The minimum Gasteiger partial charge on any atom is -0.491 e. The van der Waals surface area contributed by atoms with Crippen LogP contribution >= 0.6 is 0 Å². The van der Waals surface area contributed by atoms with Gasteiger partial charge in [0.1, 0.15) is 18.1 Å². The number of carbonyl (C=O) groups is 1. The molecule has 2 aromatic carbocycles. The summed E-state index contributed by atoms with van der Waals surface area (Å²) in [5.74, 6) is 1.39. The van der Waals surface area contributed by atoms with Gasteiger partial charge in [0, 0.05) is 0 Å². The minimum atomic E-state index is -0.567. The molecule has 2 atom stereocenters. The van der Waals surface area contributed by atoms with E-state index in [1.54, 1.807) is 6.92 Å². The first-order valence-electron chi connectivity index (χ1n) is 8.59. The highest BCUT2D eigenvalue weighted by molar-refractivity contribution is 5.81. The molecule has 1 N–H and O–H groups in total. The van der Waals surface area contributed by atoms with Crippen molar-refractivity contribution in [1.82, 2.24) is 5.32 Å². The lowest BCUT2D eigenvalue weighted by molar-refractivity contribution is -0.128. The summed E-state index contributed by atoms with van der Waals surface area (Å²) in [7, 11) is 0. The monoisotopic (exact) mass is 341 g/mol. The van der Waals surface area contributed by atoms with Gasteiger partial charge in [-0.15, -0.1) is 0 Å². The molecule has 0 aliphatic carbocycles. The lowest BCUT2D eigenvalue weighted by atomic mass is 10.1. The maximum atomic E-state index is 12.3. The average molecular weight is 341 g/mol. The van der Waals surface area contributed by atoms with Crippen molar-refractivity contribution < 1.29 is 14.3 Å². The number of ether oxygens (including phenoxy) is 2. The van der Waals surface area contributed by atoms with Crippen LogP contribution in [0.2, 0.25) is 0 Å². The van der Waals surface area contributed by atoms with Crippen LogP contribution in [-0.2, 0) is 4.79 Å². The highest BCUT2D eigenvalue weighted by Gasteiger charge is 2.18. The molecule has 4 nitrogen and oxygen atoms in total. The smallest absolute Gasteiger partial charge is 0.261 e. The van der Waals surface area contributed by atoms with Gasteiger partial charge < -0.3 is 14.8 Å². The largest absolute Gasteiger partial charge is 0.491 e. The zero-order chi connectivity index (χ0) is 18.4. The molecule has 25 heavy (non-hydrogen) atoms. The number of carbonyl (C=O) groups excluding carboxylic acids is 1. The number of aryl methyl sites for hydroxylation is 2. The van der Waals surface area contributed by atoms with Gasteiger partial charge >= 0.3 is 0 Å². The lowest BCUT2D eigenvalue weighted by Crippen LogP contribution is -2.43. The van der Waals surface area contributed by atoms with E-state index in [-0.39, 0.29) is 11.9 Å². The zero-order valence-corrected chi connectivity index (χ0v) is 15.6. The van der Waals surface area contributed by atoms with Crippen molar-refractivity contribution in [2.75, 3.05) is 6.61 Å². The molecule has 0 unspecified atom stereocenters. The second kappa shape index (κ2) is 8.56. The molecular formula is C21H27NO3. The van der Waals surface area contributed by atoms with E-state index < -0.39 is 6.10 Å². The van der Waals surface area contributed by atoms with Crippen molar-refractivity contribution in [3.63, 3.8) is 0 Å². The average Bonchev–Trinajstić information content (AvgIpc) is 2.58. The van der Waals surface area contributed by atoms with E-state index in [0.29, 0.717) is 6.61 Å². The molecule has 2 rings (SSSR count). The Hall–Kier alpha value is -2.49. The van der Waals surface area contributed by atoms with Crippen molar-refractivity contribution in [2.45, 2.75) is 46.8 Å². The Morgan fingerprint density at radius 3 is 2.40 bits per heavy atom. The van der Waals surface area contributed by atoms with Crippen LogP contribution in [0.4, 0.5) is 0 Å². The Morgan fingerprint density at radius 1 is 1.04 bits per heavy atom. The summed E-state index contributed by atoms with van der Waals surface area (Å²) >= 11 is 0. The van der Waals surface area contributed by atoms with Gasteiger partial charge in [-0.25, -0.2) is 0 Å². The molecule has 0 bridgehead atoms. The van der Waals surface area contributed by atoms with Crippen LogP contribution in [0.25, 0.3) is 0 Å². The number of hydrogen-bond donors (Lipinski definition) is 1. The molecule has 0 aliphatic heterocycles. The quantitative estimate of drug-likeness (QED) is 0.829. The molecule has 0 fully saturated rings. The van der Waals surface area contributed by atoms with Gasteiger partial charge in [0.15, 0.2) is 6.10 Å². The molecule has 4 heteroatoms. The maximum absolute atomic E-state index is 12.3. The predicted molar refractivity (Wildman–Crippen MR) is 100 cm³/mol. The first-order valence-corrected chi connectivity index (χ1v) is 8.59. The summed E-state index contributed by atoms with van der Waals surface area (Å²) < 4.78 is 11.5. The molecule has 0 aromatic heterocycles. The number of amides is 1. The van der Waals surface area contributed by atoms with Gasteiger partial charge in [0.2, 0.25) is 0 Å². The van der Waals surface area contributed by atoms with E-state index in [9.17, 15) is 4.79 Å². The van der Waals surface area contributed by atoms with Gasteiger partial charge in [-0.05, 0) is 63.9 Å². The van der Waals surface area contributed by atoms with Crippen molar-refractivity contribution in [3.05, 3.63) is 59.2 Å². The van der Waals surface area contributed by atoms with E-state index in [1.807, 2.05) is 70.2 Å². The molecule has 0 saturated heterocycles. The Morgan fingerprint density at radius 2 is 1.72 bits per heavy atom. The summed E-state index contributed by atoms with van der Waals surface area (Å²) in [6.45, 7) is 10.1. The molecule has 1 amide bonds. The fourth-order valence-electron chi connectivity index (χ4n) is 2.35. The molecule has 0 radical (unpaired) electrons. The van der Waals surface area contributed by atoms with Gasteiger partial charge in [0.25, 0.3) is 5.91 Å². The van der Waals surface area contributed by atoms with E-state index >= 15 is 0 Å². The molecule has 0 heterocycles. The standard InChI is InChI=1S/C21H27NO3/c1-14-9-11-19(12-10-14)24-13-16(3)22-21(23)18(5)25-20-8-6-7-15(2)17(20)4/h6-12,16,18H,13H2,1-5H3,(H,22,23)/t16-,18-/m0/s1. The van der Waals surface area contributed by atoms with Crippen LogP contribution in [-0.4, -0.2) is 24.7 Å². The van der Waals surface area contributed by atoms with Gasteiger partial charge in [0.05, 0.1) is 6.04 Å². The number of hydrogen-bond acceptors (Lipinski definition) is 3. The number of benzene rings is 2. The normalized spacial score (nSPS) is 13.0. The second-order valence-corrected chi connectivity index (χ2v) is 6.49. The van der Waals surface area contributed by atoms with Crippen LogP contribution < -0.4 is 14.8 Å². The highest BCUT2D eigenvalue weighted by atomic mass is 16.5. The fraction of sp³-hybridized carbons (Fsp3) is 0.381. The van der Waals surface area contributed by atoms with Crippen LogP contribution in [0.15, 0.2) is 42.5 Å². The van der Waals surface area contributed by atoms with E-state index in [0.717, 1.165) is 22.6 Å². The Kier molecular flexibility index (Phi) is 6.45. The van der Waals surface area contributed by atoms with Gasteiger partial charge in [-0.1, -0.05) is 29.8 Å². The fourth-order valence-corrected chi connectivity index (χ4v) is 2.35. The first kappa shape index (κ1) is 18.8. The summed E-state index contributed by atoms with van der Waals surface area (Å²) in [4.78, 5) is 12.3. The Labute approximate surface area is 150 Å². The number of rotatable bonds is 7. The van der Waals surface area contributed by atoms with Crippen LogP contribution in [0.1, 0.15) is 30.5 Å². The molecule has 0 spiro atoms. The number of nitrogens with one attached hydrogen (secondary N) is 1. The Bertz CT molecular complexity index is 710. The van der Waals surface area contributed by atoms with Crippen molar-refractivity contribution >= 4 is 5.91 Å². The van der Waals surface area contributed by atoms with Crippen molar-refractivity contribution in [1.29, 1.82) is 0 Å². The third-order valence-electron chi connectivity index (χ3n) is 4.14. The minimum absolute atomic E-state index is 0.113. The first-order chi connectivity index (χ1) is 11.9. The summed E-state index contributed by atoms with van der Waals surface area (Å²) in [6.07, 6.45) is -0.567. The zero-order valence-electron chi connectivity index (χ0n) is 15.6. The molecular weight excluding hydrogens is 314 g/mol. The molecule has 0 aliphatic rings. The topological polar surface area (TPSA) is 47.6 Å². The third-order valence-corrected chi connectivity index (χ3v) is 4.14. The summed E-state index contributed by atoms with van der Waals surface area (Å²) in [5, 5.41) is 2.93. The van der Waals surface area contributed by atoms with Crippen molar-refractivity contribution in [2.24, 2.45) is 0 Å². The van der Waals surface area contributed by atoms with Gasteiger partial charge in [-0.2, -0.15) is 0 Å². The van der Waals surface area contributed by atoms with E-state index in [2.05, 4.69) is 5.32 Å². The Balaban J connectivity index is 1.83. The van der Waals surface area contributed by atoms with Crippen LogP contribution in [0, 0.1) is 20.8 Å². The summed E-state index contributed by atoms with van der Waals surface area (Å²) in [6, 6.07) is 13.6. The predicted octanol–water partition coefficient (Wildman–Crippen LogP) is 3.96. The maximum Gasteiger partial charge on any atom is 0.261 e. The van der Waals surface area contributed by atoms with Crippen LogP contribution in [0.5, 0.6) is 11.5 Å². The summed E-state index contributed by atoms with van der Waals surface area (Å²) in [5.41, 5.74) is 3.38. The molecule has 134 valence electrons. The third kappa shape index (κ3) is 5.52. The van der Waals surface area contributed by atoms with Crippen molar-refractivity contribution in [3.8, 4) is 11.5 Å². The molecule has 0 saturated carbocycles. The SMILES string of the molecule is Cc1ccc(OC[C@H](C)NC(=O)[C@H](C)Oc2cccc(C)c2C)cc1.